The molecule has 0 N–H and O–H groups in total. The van der Waals surface area contributed by atoms with Crippen molar-refractivity contribution < 1.29 is 9.18 Å². The molecule has 0 radical (unpaired) electrons. The molecule has 0 unspecified atom stereocenters. The summed E-state index contributed by atoms with van der Waals surface area (Å²) in [5.74, 6) is -0.0668. The average Bonchev–Trinajstić information content (AvgIpc) is 2.65. The van der Waals surface area contributed by atoms with E-state index in [1.54, 1.807) is 41.4 Å². The highest BCUT2D eigenvalue weighted by molar-refractivity contribution is 9.10. The number of nitrogens with zero attached hydrogens (tertiary/aromatic N) is 2. The van der Waals surface area contributed by atoms with E-state index >= 15 is 0 Å². The van der Waals surface area contributed by atoms with Gasteiger partial charge in [0.1, 0.15) is 11.6 Å². The Morgan fingerprint density at radius 1 is 1.00 bits per heavy atom. The zero-order valence-electron chi connectivity index (χ0n) is 13.4. The summed E-state index contributed by atoms with van der Waals surface area (Å²) in [7, 11) is 0. The Morgan fingerprint density at radius 3 is 2.48 bits per heavy atom. The number of pyridine rings is 1. The van der Waals surface area contributed by atoms with Gasteiger partial charge < -0.3 is 0 Å². The maximum Gasteiger partial charge on any atom is 0.232 e. The van der Waals surface area contributed by atoms with Crippen LogP contribution in [0.1, 0.15) is 11.1 Å². The fourth-order valence-corrected chi connectivity index (χ4v) is 2.93. The quantitative estimate of drug-likeness (QED) is 0.620. The predicted molar refractivity (Wildman–Crippen MR) is 99.7 cm³/mol. The Kier molecular flexibility index (Phi) is 5.56. The van der Waals surface area contributed by atoms with Crippen molar-refractivity contribution in [2.75, 3.05) is 4.90 Å². The van der Waals surface area contributed by atoms with Crippen molar-refractivity contribution in [3.05, 3.63) is 94.3 Å². The molecule has 3 nitrogen and oxygen atoms in total. The van der Waals surface area contributed by atoms with Crippen molar-refractivity contribution in [2.24, 2.45) is 0 Å². The van der Waals surface area contributed by atoms with Crippen LogP contribution in [0.3, 0.4) is 0 Å². The van der Waals surface area contributed by atoms with Gasteiger partial charge in [-0.2, -0.15) is 0 Å². The lowest BCUT2D eigenvalue weighted by molar-refractivity contribution is -0.118. The number of halogens is 2. The first-order valence-electron chi connectivity index (χ1n) is 7.83. The minimum absolute atomic E-state index is 0.0331. The van der Waals surface area contributed by atoms with E-state index in [2.05, 4.69) is 20.9 Å². The van der Waals surface area contributed by atoms with E-state index in [9.17, 15) is 9.18 Å². The van der Waals surface area contributed by atoms with Crippen LogP contribution >= 0.6 is 15.9 Å². The van der Waals surface area contributed by atoms with E-state index in [0.717, 1.165) is 5.56 Å². The molecular formula is C20H16BrFN2O. The number of amides is 1. The van der Waals surface area contributed by atoms with Crippen molar-refractivity contribution >= 4 is 27.7 Å². The molecule has 0 fully saturated rings. The normalized spacial score (nSPS) is 10.5. The van der Waals surface area contributed by atoms with Gasteiger partial charge in [-0.05, 0) is 45.3 Å². The van der Waals surface area contributed by atoms with Gasteiger partial charge in [0.05, 0.1) is 17.4 Å². The Morgan fingerprint density at radius 2 is 1.76 bits per heavy atom. The summed E-state index contributed by atoms with van der Waals surface area (Å²) < 4.78 is 14.6. The van der Waals surface area contributed by atoms with Gasteiger partial charge in [0.2, 0.25) is 5.91 Å². The number of benzene rings is 2. The molecular weight excluding hydrogens is 383 g/mol. The molecule has 0 aliphatic rings. The lowest BCUT2D eigenvalue weighted by atomic mass is 10.1. The minimum atomic E-state index is -0.406. The van der Waals surface area contributed by atoms with Crippen molar-refractivity contribution in [1.29, 1.82) is 0 Å². The van der Waals surface area contributed by atoms with E-state index in [-0.39, 0.29) is 12.3 Å². The van der Waals surface area contributed by atoms with Crippen LogP contribution in [0, 0.1) is 5.82 Å². The molecule has 0 spiro atoms. The highest BCUT2D eigenvalue weighted by Crippen LogP contribution is 2.21. The van der Waals surface area contributed by atoms with Gasteiger partial charge in [-0.25, -0.2) is 9.37 Å². The van der Waals surface area contributed by atoms with Crippen LogP contribution in [-0.4, -0.2) is 10.9 Å². The Hall–Kier alpha value is -2.53. The molecule has 0 atom stereocenters. The smallest absolute Gasteiger partial charge is 0.232 e. The van der Waals surface area contributed by atoms with Crippen molar-refractivity contribution in [3.8, 4) is 0 Å². The van der Waals surface area contributed by atoms with E-state index in [1.165, 1.54) is 0 Å². The second-order valence-corrected chi connectivity index (χ2v) is 6.40. The summed E-state index contributed by atoms with van der Waals surface area (Å²) in [6.45, 7) is 0.381. The second kappa shape index (κ2) is 8.03. The number of rotatable bonds is 5. The third kappa shape index (κ3) is 4.31. The average molecular weight is 399 g/mol. The zero-order valence-corrected chi connectivity index (χ0v) is 15.0. The molecule has 5 heteroatoms. The van der Waals surface area contributed by atoms with Gasteiger partial charge in [0, 0.05) is 6.20 Å². The first kappa shape index (κ1) is 17.3. The lowest BCUT2D eigenvalue weighted by Crippen LogP contribution is -2.32. The zero-order chi connectivity index (χ0) is 17.6. The summed E-state index contributed by atoms with van der Waals surface area (Å²) in [5, 5.41) is 0. The van der Waals surface area contributed by atoms with Gasteiger partial charge in [0.25, 0.3) is 0 Å². The van der Waals surface area contributed by atoms with Crippen LogP contribution in [0.5, 0.6) is 0 Å². The van der Waals surface area contributed by atoms with E-state index in [1.807, 2.05) is 36.4 Å². The van der Waals surface area contributed by atoms with E-state index < -0.39 is 5.82 Å². The molecule has 3 aromatic rings. The molecule has 25 heavy (non-hydrogen) atoms. The summed E-state index contributed by atoms with van der Waals surface area (Å²) in [5.41, 5.74) is 1.34. The fraction of sp³-hybridized carbons (Fsp3) is 0.100. The topological polar surface area (TPSA) is 33.2 Å². The Balaban J connectivity index is 1.88. The maximum absolute atomic E-state index is 14.2. The molecule has 0 aliphatic carbocycles. The first-order valence-corrected chi connectivity index (χ1v) is 8.62. The van der Waals surface area contributed by atoms with E-state index in [0.29, 0.717) is 22.4 Å². The number of hydrogen-bond acceptors (Lipinski definition) is 2. The summed E-state index contributed by atoms with van der Waals surface area (Å²) in [6.07, 6.45) is 1.61. The third-order valence-corrected chi connectivity index (χ3v) is 4.40. The molecule has 3 rings (SSSR count). The molecule has 0 aliphatic heterocycles. The standard InChI is InChI=1S/C20H16BrFN2O/c21-17-10-6-9-16(20(17)22)13-19(25)24(18-11-4-5-12-23-18)14-15-7-2-1-3-8-15/h1-12H,13-14H2. The van der Waals surface area contributed by atoms with Gasteiger partial charge in [-0.1, -0.05) is 48.5 Å². The number of aromatic nitrogens is 1. The SMILES string of the molecule is O=C(Cc1cccc(Br)c1F)N(Cc1ccccc1)c1ccccn1. The summed E-state index contributed by atoms with van der Waals surface area (Å²) in [4.78, 5) is 18.7. The molecule has 1 amide bonds. The number of anilines is 1. The molecule has 1 aromatic heterocycles. The molecule has 126 valence electrons. The van der Waals surface area contributed by atoms with Gasteiger partial charge >= 0.3 is 0 Å². The highest BCUT2D eigenvalue weighted by atomic mass is 79.9. The predicted octanol–water partition coefficient (Wildman–Crippen LogP) is 4.76. The van der Waals surface area contributed by atoms with E-state index in [4.69, 9.17) is 0 Å². The molecule has 1 heterocycles. The first-order chi connectivity index (χ1) is 12.1. The highest BCUT2D eigenvalue weighted by Gasteiger charge is 2.19. The third-order valence-electron chi connectivity index (χ3n) is 3.78. The number of hydrogen-bond donors (Lipinski definition) is 0. The van der Waals surface area contributed by atoms with Gasteiger partial charge in [-0.15, -0.1) is 0 Å². The molecule has 0 saturated carbocycles. The second-order valence-electron chi connectivity index (χ2n) is 5.54. The van der Waals surface area contributed by atoms with Crippen LogP contribution in [0.25, 0.3) is 0 Å². The maximum atomic E-state index is 14.2. The van der Waals surface area contributed by atoms with Crippen molar-refractivity contribution in [1.82, 2.24) is 4.98 Å². The van der Waals surface area contributed by atoms with Gasteiger partial charge in [-0.3, -0.25) is 9.69 Å². The fourth-order valence-electron chi connectivity index (χ4n) is 2.52. The monoisotopic (exact) mass is 398 g/mol. The minimum Gasteiger partial charge on any atom is -0.292 e. The molecule has 0 bridgehead atoms. The van der Waals surface area contributed by atoms with Crippen molar-refractivity contribution in [3.63, 3.8) is 0 Å². The Bertz CT molecular complexity index is 856. The number of carbonyl (C=O) groups is 1. The van der Waals surface area contributed by atoms with Crippen molar-refractivity contribution in [2.45, 2.75) is 13.0 Å². The molecule has 0 saturated heterocycles. The Labute approximate surface area is 154 Å². The van der Waals surface area contributed by atoms with Crippen LogP contribution in [-0.2, 0) is 17.8 Å². The summed E-state index contributed by atoms with van der Waals surface area (Å²) >= 11 is 3.16. The van der Waals surface area contributed by atoms with Crippen LogP contribution in [0.4, 0.5) is 10.2 Å². The number of carbonyl (C=O) groups excluding carboxylic acids is 1. The van der Waals surface area contributed by atoms with Crippen LogP contribution in [0.2, 0.25) is 0 Å². The van der Waals surface area contributed by atoms with Crippen LogP contribution < -0.4 is 4.90 Å². The van der Waals surface area contributed by atoms with Gasteiger partial charge in [0.15, 0.2) is 0 Å². The summed E-state index contributed by atoms with van der Waals surface area (Å²) in [6, 6.07) is 20.0. The molecule has 2 aromatic carbocycles. The van der Waals surface area contributed by atoms with Crippen LogP contribution in [0.15, 0.2) is 77.4 Å². The largest absolute Gasteiger partial charge is 0.292 e. The lowest BCUT2D eigenvalue weighted by Gasteiger charge is -2.22.